The van der Waals surface area contributed by atoms with Crippen LogP contribution < -0.4 is 5.32 Å². The fraction of sp³-hybridized carbons (Fsp3) is 0.917. The molecule has 5 atom stereocenters. The number of carbonyl (C=O) groups excluding carboxylic acids is 2. The Labute approximate surface area is 179 Å². The average molecular weight is 411 g/mol. The van der Waals surface area contributed by atoms with Crippen molar-refractivity contribution in [2.45, 2.75) is 124 Å². The number of rotatable bonds is 13. The first kappa shape index (κ1) is 25.8. The highest BCUT2D eigenvalue weighted by atomic mass is 16.6. The molecular formula is C24H46N2O3. The van der Waals surface area contributed by atoms with Crippen molar-refractivity contribution in [1.29, 1.82) is 0 Å². The molecule has 1 heterocycles. The number of nitrogens with zero attached hydrogens (tertiary/aromatic N) is 1. The molecule has 1 rings (SSSR count). The number of amides is 2. The van der Waals surface area contributed by atoms with Crippen molar-refractivity contribution in [3.05, 3.63) is 0 Å². The summed E-state index contributed by atoms with van der Waals surface area (Å²) in [6, 6.07) is 0.142. The lowest BCUT2D eigenvalue weighted by Crippen LogP contribution is -2.46. The number of nitrogens with one attached hydrogen (secondary N) is 1. The quantitative estimate of drug-likeness (QED) is 0.384. The maximum atomic E-state index is 12.9. The summed E-state index contributed by atoms with van der Waals surface area (Å²) in [6.45, 7) is 13.6. The van der Waals surface area contributed by atoms with Crippen LogP contribution in [0, 0.1) is 11.8 Å². The van der Waals surface area contributed by atoms with Gasteiger partial charge in [0.1, 0.15) is 6.10 Å². The molecule has 0 spiro atoms. The van der Waals surface area contributed by atoms with Gasteiger partial charge in [0.2, 0.25) is 5.91 Å². The van der Waals surface area contributed by atoms with Crippen LogP contribution in [0.15, 0.2) is 0 Å². The average Bonchev–Trinajstić information content (AvgIpc) is 3.14. The second kappa shape index (κ2) is 13.9. The Balaban J connectivity index is 2.72. The third-order valence-corrected chi connectivity index (χ3v) is 6.71. The second-order valence-electron chi connectivity index (χ2n) is 9.10. The number of alkyl carbamates (subject to hydrolysis) is 1. The molecule has 2 amide bonds. The number of ether oxygens (including phenoxy) is 1. The van der Waals surface area contributed by atoms with Gasteiger partial charge in [-0.05, 0) is 44.4 Å². The van der Waals surface area contributed by atoms with Crippen LogP contribution in [0.1, 0.15) is 106 Å². The Morgan fingerprint density at radius 1 is 1.07 bits per heavy atom. The van der Waals surface area contributed by atoms with Crippen molar-refractivity contribution in [2.24, 2.45) is 11.8 Å². The smallest absolute Gasteiger partial charge is 0.407 e. The molecule has 0 radical (unpaired) electrons. The van der Waals surface area contributed by atoms with Gasteiger partial charge in [0.25, 0.3) is 0 Å². The summed E-state index contributed by atoms with van der Waals surface area (Å²) in [7, 11) is 0. The van der Waals surface area contributed by atoms with Crippen molar-refractivity contribution < 1.29 is 14.3 Å². The van der Waals surface area contributed by atoms with Crippen molar-refractivity contribution in [3.63, 3.8) is 0 Å². The van der Waals surface area contributed by atoms with E-state index in [-0.39, 0.29) is 30.1 Å². The Morgan fingerprint density at radius 2 is 1.79 bits per heavy atom. The molecule has 5 unspecified atom stereocenters. The van der Waals surface area contributed by atoms with E-state index in [1.54, 1.807) is 0 Å². The standard InChI is InChI=1S/C24H46N2O3/c1-7-10-11-12-14-19(5)21(17-23(27)26-16-13-15-20(26)6)25-24(28)29-22(9-3)18(4)8-2/h18-22H,7-17H2,1-6H3,(H,25,28). The van der Waals surface area contributed by atoms with E-state index in [1.807, 2.05) is 4.90 Å². The highest BCUT2D eigenvalue weighted by Gasteiger charge is 2.30. The molecule has 1 N–H and O–H groups in total. The van der Waals surface area contributed by atoms with Gasteiger partial charge in [-0.25, -0.2) is 4.79 Å². The summed E-state index contributed by atoms with van der Waals surface area (Å²) in [5, 5.41) is 3.06. The van der Waals surface area contributed by atoms with E-state index in [0.29, 0.717) is 18.4 Å². The predicted octanol–water partition coefficient (Wildman–Crippen LogP) is 5.91. The molecule has 170 valence electrons. The van der Waals surface area contributed by atoms with E-state index in [4.69, 9.17) is 4.74 Å². The van der Waals surface area contributed by atoms with E-state index < -0.39 is 0 Å². The normalized spacial score (nSPS) is 20.8. The number of hydrogen-bond acceptors (Lipinski definition) is 3. The lowest BCUT2D eigenvalue weighted by atomic mass is 9.92. The largest absolute Gasteiger partial charge is 0.446 e. The van der Waals surface area contributed by atoms with E-state index in [2.05, 4.69) is 46.9 Å². The van der Waals surface area contributed by atoms with E-state index in [0.717, 1.165) is 45.1 Å². The van der Waals surface area contributed by atoms with Gasteiger partial charge in [-0.1, -0.05) is 66.7 Å². The highest BCUT2D eigenvalue weighted by molar-refractivity contribution is 5.78. The number of unbranched alkanes of at least 4 members (excludes halogenated alkanes) is 3. The van der Waals surface area contributed by atoms with Gasteiger partial charge in [0.15, 0.2) is 0 Å². The molecule has 0 aromatic carbocycles. The van der Waals surface area contributed by atoms with Crippen LogP contribution in [0.25, 0.3) is 0 Å². The fourth-order valence-corrected chi connectivity index (χ4v) is 4.29. The van der Waals surface area contributed by atoms with Crippen molar-refractivity contribution >= 4 is 12.0 Å². The number of likely N-dealkylation sites (tertiary alicyclic amines) is 1. The van der Waals surface area contributed by atoms with Crippen molar-refractivity contribution in [2.75, 3.05) is 6.54 Å². The Hall–Kier alpha value is -1.26. The molecular weight excluding hydrogens is 364 g/mol. The fourth-order valence-electron chi connectivity index (χ4n) is 4.29. The summed E-state index contributed by atoms with van der Waals surface area (Å²) in [6.07, 6.45) is 9.69. The minimum Gasteiger partial charge on any atom is -0.446 e. The van der Waals surface area contributed by atoms with Gasteiger partial charge in [-0.3, -0.25) is 4.79 Å². The van der Waals surface area contributed by atoms with E-state index in [9.17, 15) is 9.59 Å². The van der Waals surface area contributed by atoms with Crippen LogP contribution in [-0.4, -0.2) is 41.6 Å². The molecule has 0 aromatic heterocycles. The minimum atomic E-state index is -0.371. The van der Waals surface area contributed by atoms with Crippen LogP contribution in [0.5, 0.6) is 0 Å². The highest BCUT2D eigenvalue weighted by Crippen LogP contribution is 2.22. The van der Waals surface area contributed by atoms with Gasteiger partial charge >= 0.3 is 6.09 Å². The SMILES string of the molecule is CCCCCCC(C)C(CC(=O)N1CCCC1C)NC(=O)OC(CC)C(C)CC. The van der Waals surface area contributed by atoms with Crippen molar-refractivity contribution in [3.8, 4) is 0 Å². The Bertz CT molecular complexity index is 483. The Kier molecular flexibility index (Phi) is 12.3. The first-order valence-corrected chi connectivity index (χ1v) is 12.1. The molecule has 0 bridgehead atoms. The molecule has 0 aromatic rings. The zero-order chi connectivity index (χ0) is 21.8. The van der Waals surface area contributed by atoms with Gasteiger partial charge in [-0.15, -0.1) is 0 Å². The predicted molar refractivity (Wildman–Crippen MR) is 120 cm³/mol. The van der Waals surface area contributed by atoms with E-state index in [1.165, 1.54) is 19.3 Å². The maximum Gasteiger partial charge on any atom is 0.407 e. The number of hydrogen-bond donors (Lipinski definition) is 1. The third-order valence-electron chi connectivity index (χ3n) is 6.71. The molecule has 5 nitrogen and oxygen atoms in total. The molecule has 0 saturated carbocycles. The summed E-state index contributed by atoms with van der Waals surface area (Å²) < 4.78 is 5.73. The lowest BCUT2D eigenvalue weighted by molar-refractivity contribution is -0.132. The first-order chi connectivity index (χ1) is 13.8. The molecule has 5 heteroatoms. The zero-order valence-electron chi connectivity index (χ0n) is 19.8. The second-order valence-corrected chi connectivity index (χ2v) is 9.10. The summed E-state index contributed by atoms with van der Waals surface area (Å²) in [5.41, 5.74) is 0. The topological polar surface area (TPSA) is 58.6 Å². The monoisotopic (exact) mass is 410 g/mol. The summed E-state index contributed by atoms with van der Waals surface area (Å²) >= 11 is 0. The number of carbonyl (C=O) groups is 2. The Morgan fingerprint density at radius 3 is 2.34 bits per heavy atom. The molecule has 1 saturated heterocycles. The summed E-state index contributed by atoms with van der Waals surface area (Å²) in [5.74, 6) is 0.752. The first-order valence-electron chi connectivity index (χ1n) is 12.1. The van der Waals surface area contributed by atoms with Crippen LogP contribution in [-0.2, 0) is 9.53 Å². The van der Waals surface area contributed by atoms with Crippen molar-refractivity contribution in [1.82, 2.24) is 10.2 Å². The molecule has 1 aliphatic rings. The minimum absolute atomic E-state index is 0.0742. The van der Waals surface area contributed by atoms with Gasteiger partial charge in [0, 0.05) is 25.0 Å². The van der Waals surface area contributed by atoms with Crippen LogP contribution in [0.4, 0.5) is 4.79 Å². The lowest BCUT2D eigenvalue weighted by Gasteiger charge is -2.29. The zero-order valence-corrected chi connectivity index (χ0v) is 19.8. The van der Waals surface area contributed by atoms with Gasteiger partial charge in [-0.2, -0.15) is 0 Å². The van der Waals surface area contributed by atoms with Crippen LogP contribution >= 0.6 is 0 Å². The molecule has 29 heavy (non-hydrogen) atoms. The third kappa shape index (κ3) is 8.96. The van der Waals surface area contributed by atoms with E-state index >= 15 is 0 Å². The van der Waals surface area contributed by atoms with Gasteiger partial charge < -0.3 is 15.0 Å². The van der Waals surface area contributed by atoms with Gasteiger partial charge in [0.05, 0.1) is 0 Å². The molecule has 1 aliphatic heterocycles. The molecule has 0 aliphatic carbocycles. The summed E-state index contributed by atoms with van der Waals surface area (Å²) in [4.78, 5) is 27.5. The van der Waals surface area contributed by atoms with Crippen LogP contribution in [0.3, 0.4) is 0 Å². The maximum absolute atomic E-state index is 12.9. The van der Waals surface area contributed by atoms with Crippen LogP contribution in [0.2, 0.25) is 0 Å². The molecule has 1 fully saturated rings.